The van der Waals surface area contributed by atoms with Crippen LogP contribution >= 0.6 is 0 Å². The number of aliphatic carboxylic acids is 1. The SMILES string of the molecule is CCc1ccc(OC2(c3ccc(F)cc3)CN(S(=O)(=O)c3cccc(C[C@H](N)C(=O)O)c3)C2)cn1. The largest absolute Gasteiger partial charge is 0.480 e. The Balaban J connectivity index is 1.59. The summed E-state index contributed by atoms with van der Waals surface area (Å²) in [5.41, 5.74) is 6.63. The Labute approximate surface area is 203 Å². The molecule has 4 rings (SSSR count). The van der Waals surface area contributed by atoms with Crippen molar-refractivity contribution >= 4 is 16.0 Å². The third kappa shape index (κ3) is 5.19. The molecule has 0 radical (unpaired) electrons. The molecule has 0 saturated carbocycles. The van der Waals surface area contributed by atoms with Crippen molar-refractivity contribution < 1.29 is 27.4 Å². The van der Waals surface area contributed by atoms with Gasteiger partial charge in [0.2, 0.25) is 10.0 Å². The Morgan fingerprint density at radius 3 is 2.51 bits per heavy atom. The van der Waals surface area contributed by atoms with Gasteiger partial charge >= 0.3 is 5.97 Å². The molecule has 1 aromatic heterocycles. The number of pyridine rings is 1. The van der Waals surface area contributed by atoms with Crippen molar-refractivity contribution in [1.82, 2.24) is 9.29 Å². The van der Waals surface area contributed by atoms with E-state index >= 15 is 0 Å². The fourth-order valence-electron chi connectivity index (χ4n) is 3.98. The molecule has 0 amide bonds. The minimum Gasteiger partial charge on any atom is -0.480 e. The second kappa shape index (κ2) is 9.73. The van der Waals surface area contributed by atoms with Crippen LogP contribution in [-0.4, -0.2) is 47.9 Å². The van der Waals surface area contributed by atoms with E-state index in [4.69, 9.17) is 15.6 Å². The van der Waals surface area contributed by atoms with Crippen molar-refractivity contribution in [3.8, 4) is 5.75 Å². The summed E-state index contributed by atoms with van der Waals surface area (Å²) in [4.78, 5) is 15.4. The van der Waals surface area contributed by atoms with E-state index in [1.54, 1.807) is 36.5 Å². The lowest BCUT2D eigenvalue weighted by molar-refractivity contribution is -0.138. The van der Waals surface area contributed by atoms with Gasteiger partial charge in [-0.15, -0.1) is 0 Å². The van der Waals surface area contributed by atoms with Crippen LogP contribution in [-0.2, 0) is 33.3 Å². The van der Waals surface area contributed by atoms with Gasteiger partial charge in [0.25, 0.3) is 0 Å². The lowest BCUT2D eigenvalue weighted by Crippen LogP contribution is -2.64. The normalized spacial score (nSPS) is 16.3. The minimum absolute atomic E-state index is 0.00206. The molecule has 1 fully saturated rings. The molecule has 35 heavy (non-hydrogen) atoms. The van der Waals surface area contributed by atoms with Crippen molar-refractivity contribution in [3.63, 3.8) is 0 Å². The number of benzene rings is 2. The number of carboxylic acid groups (broad SMARTS) is 1. The molecular weight excluding hydrogens is 473 g/mol. The molecule has 2 aromatic carbocycles. The third-order valence-corrected chi connectivity index (χ3v) is 7.80. The van der Waals surface area contributed by atoms with Gasteiger partial charge in [-0.1, -0.05) is 31.2 Å². The highest BCUT2D eigenvalue weighted by Gasteiger charge is 2.52. The summed E-state index contributed by atoms with van der Waals surface area (Å²) in [5, 5.41) is 9.05. The maximum atomic E-state index is 13.6. The minimum atomic E-state index is -3.90. The first-order chi connectivity index (χ1) is 16.6. The molecule has 8 nitrogen and oxygen atoms in total. The van der Waals surface area contributed by atoms with Crippen molar-refractivity contribution in [2.45, 2.75) is 36.3 Å². The van der Waals surface area contributed by atoms with Crippen molar-refractivity contribution in [2.24, 2.45) is 5.73 Å². The zero-order chi connectivity index (χ0) is 25.2. The van der Waals surface area contributed by atoms with Crippen LogP contribution in [0.3, 0.4) is 0 Å². The molecule has 3 aromatic rings. The number of ether oxygens (including phenoxy) is 1. The number of aryl methyl sites for hydroxylation is 1. The van der Waals surface area contributed by atoms with E-state index in [9.17, 15) is 17.6 Å². The van der Waals surface area contributed by atoms with Crippen LogP contribution in [0.1, 0.15) is 23.7 Å². The second-order valence-corrected chi connectivity index (χ2v) is 10.4. The average Bonchev–Trinajstić information content (AvgIpc) is 2.82. The van der Waals surface area contributed by atoms with Gasteiger partial charge in [-0.3, -0.25) is 9.78 Å². The first-order valence-corrected chi connectivity index (χ1v) is 12.5. The average molecular weight is 500 g/mol. The molecule has 1 saturated heterocycles. The standard InChI is InChI=1S/C25H26FN3O5S/c1-2-20-10-11-21(14-28-20)34-25(18-6-8-19(26)9-7-18)15-29(16-25)35(32,33)22-5-3-4-17(12-22)13-23(27)24(30)31/h3-12,14,23H,2,13,15-16,27H2,1H3,(H,30,31)/t23-/m0/s1. The van der Waals surface area contributed by atoms with E-state index in [1.165, 1.54) is 28.6 Å². The highest BCUT2D eigenvalue weighted by Crippen LogP contribution is 2.40. The Morgan fingerprint density at radius 1 is 1.20 bits per heavy atom. The Morgan fingerprint density at radius 2 is 1.91 bits per heavy atom. The molecule has 1 atom stereocenters. The second-order valence-electron chi connectivity index (χ2n) is 8.51. The van der Waals surface area contributed by atoms with E-state index in [2.05, 4.69) is 4.98 Å². The molecule has 3 N–H and O–H groups in total. The van der Waals surface area contributed by atoms with Gasteiger partial charge < -0.3 is 15.6 Å². The van der Waals surface area contributed by atoms with Gasteiger partial charge in [-0.2, -0.15) is 4.31 Å². The summed E-state index contributed by atoms with van der Waals surface area (Å²) >= 11 is 0. The Bertz CT molecular complexity index is 1310. The molecule has 1 aliphatic heterocycles. The van der Waals surface area contributed by atoms with E-state index < -0.39 is 33.5 Å². The van der Waals surface area contributed by atoms with Crippen molar-refractivity contribution in [1.29, 1.82) is 0 Å². The summed E-state index contributed by atoms with van der Waals surface area (Å²) < 4.78 is 47.8. The lowest BCUT2D eigenvalue weighted by atomic mass is 9.87. The van der Waals surface area contributed by atoms with Crippen LogP contribution in [0, 0.1) is 5.82 Å². The van der Waals surface area contributed by atoms with Crippen LogP contribution in [0.4, 0.5) is 4.39 Å². The van der Waals surface area contributed by atoms with Crippen LogP contribution in [0.25, 0.3) is 0 Å². The third-order valence-electron chi connectivity index (χ3n) is 6.02. The van der Waals surface area contributed by atoms with Gasteiger partial charge in [-0.05, 0) is 60.4 Å². The zero-order valence-electron chi connectivity index (χ0n) is 19.1. The monoisotopic (exact) mass is 499 g/mol. The summed E-state index contributed by atoms with van der Waals surface area (Å²) in [6, 6.07) is 14.4. The number of nitrogens with two attached hydrogens (primary N) is 1. The maximum Gasteiger partial charge on any atom is 0.320 e. The number of halogens is 1. The van der Waals surface area contributed by atoms with E-state index in [1.807, 2.05) is 13.0 Å². The van der Waals surface area contributed by atoms with Crippen LogP contribution < -0.4 is 10.5 Å². The Hall–Kier alpha value is -3.34. The molecule has 0 spiro atoms. The quantitative estimate of drug-likeness (QED) is 0.464. The van der Waals surface area contributed by atoms with Gasteiger partial charge in [0.1, 0.15) is 17.6 Å². The van der Waals surface area contributed by atoms with Gasteiger partial charge in [-0.25, -0.2) is 12.8 Å². The predicted octanol–water partition coefficient (Wildman–Crippen LogP) is 2.72. The van der Waals surface area contributed by atoms with E-state index in [0.717, 1.165) is 12.1 Å². The van der Waals surface area contributed by atoms with E-state index in [-0.39, 0.29) is 24.4 Å². The topological polar surface area (TPSA) is 123 Å². The first kappa shape index (κ1) is 24.8. The molecule has 0 aliphatic carbocycles. The number of hydrogen-bond donors (Lipinski definition) is 2. The highest BCUT2D eigenvalue weighted by molar-refractivity contribution is 7.89. The lowest BCUT2D eigenvalue weighted by Gasteiger charge is -2.48. The smallest absolute Gasteiger partial charge is 0.320 e. The number of aromatic nitrogens is 1. The molecule has 184 valence electrons. The van der Waals surface area contributed by atoms with Crippen LogP contribution in [0.5, 0.6) is 5.75 Å². The molecule has 1 aliphatic rings. The number of carbonyl (C=O) groups is 1. The van der Waals surface area contributed by atoms with Gasteiger partial charge in [0.15, 0.2) is 5.60 Å². The van der Waals surface area contributed by atoms with Crippen LogP contribution in [0.15, 0.2) is 71.8 Å². The maximum absolute atomic E-state index is 13.6. The zero-order valence-corrected chi connectivity index (χ0v) is 19.9. The summed E-state index contributed by atoms with van der Waals surface area (Å²) in [6.07, 6.45) is 2.37. The highest BCUT2D eigenvalue weighted by atomic mass is 32.2. The fraction of sp³-hybridized carbons (Fsp3) is 0.280. The number of carboxylic acids is 1. The molecular formula is C25H26FN3O5S. The molecule has 0 unspecified atom stereocenters. The number of sulfonamides is 1. The summed E-state index contributed by atoms with van der Waals surface area (Å²) in [7, 11) is -3.90. The number of nitrogens with zero attached hydrogens (tertiary/aromatic N) is 2. The molecule has 0 bridgehead atoms. The summed E-state index contributed by atoms with van der Waals surface area (Å²) in [6.45, 7) is 2.01. The van der Waals surface area contributed by atoms with Crippen molar-refractivity contribution in [2.75, 3.05) is 13.1 Å². The van der Waals surface area contributed by atoms with Gasteiger partial charge in [0.05, 0.1) is 24.2 Å². The first-order valence-electron chi connectivity index (χ1n) is 11.1. The van der Waals surface area contributed by atoms with Crippen molar-refractivity contribution in [3.05, 3.63) is 89.5 Å². The Kier molecular flexibility index (Phi) is 6.88. The molecule has 2 heterocycles. The van der Waals surface area contributed by atoms with E-state index in [0.29, 0.717) is 16.9 Å². The van der Waals surface area contributed by atoms with Gasteiger partial charge in [0, 0.05) is 5.69 Å². The fourth-order valence-corrected chi connectivity index (χ4v) is 5.59. The van der Waals surface area contributed by atoms with Crippen LogP contribution in [0.2, 0.25) is 0 Å². The number of rotatable bonds is 9. The predicted molar refractivity (Wildman–Crippen MR) is 127 cm³/mol. The summed E-state index contributed by atoms with van der Waals surface area (Å²) in [5.74, 6) is -1.09. The number of hydrogen-bond acceptors (Lipinski definition) is 6. The molecule has 10 heteroatoms.